The molecule has 8 nitrogen and oxygen atoms in total. The third-order valence-electron chi connectivity index (χ3n) is 9.04. The molecule has 13 heteroatoms. The minimum absolute atomic E-state index is 0.00247. The van der Waals surface area contributed by atoms with E-state index in [0.29, 0.717) is 18.4 Å². The number of aromatic nitrogens is 2. The van der Waals surface area contributed by atoms with Gasteiger partial charge in [-0.05, 0) is 111 Å². The molecular formula is C40H47BrN4O4S4. The van der Waals surface area contributed by atoms with Gasteiger partial charge >= 0.3 is 12.2 Å². The number of carbonyl (C=O) groups is 2. The highest BCUT2D eigenvalue weighted by atomic mass is 79.9. The number of halogens is 1. The van der Waals surface area contributed by atoms with Crippen molar-refractivity contribution in [2.24, 2.45) is 11.8 Å². The van der Waals surface area contributed by atoms with Gasteiger partial charge in [-0.2, -0.15) is 0 Å². The summed E-state index contributed by atoms with van der Waals surface area (Å²) in [6.07, 6.45) is 1.45. The first-order valence-electron chi connectivity index (χ1n) is 17.9. The molecule has 5 aromatic rings. The van der Waals surface area contributed by atoms with E-state index in [9.17, 15) is 9.59 Å². The molecule has 0 unspecified atom stereocenters. The molecule has 0 saturated carbocycles. The Morgan fingerprint density at radius 3 is 1.64 bits per heavy atom. The second-order valence-electron chi connectivity index (χ2n) is 15.5. The molecule has 0 aliphatic carbocycles. The summed E-state index contributed by atoms with van der Waals surface area (Å²) in [6, 6.07) is 14.6. The predicted octanol–water partition coefficient (Wildman–Crippen LogP) is 12.8. The number of hydrogen-bond acceptors (Lipinski definition) is 10. The van der Waals surface area contributed by atoms with Crippen LogP contribution in [0.25, 0.3) is 32.3 Å². The summed E-state index contributed by atoms with van der Waals surface area (Å²) in [4.78, 5) is 41.1. The molecule has 7 rings (SSSR count). The molecule has 53 heavy (non-hydrogen) atoms. The van der Waals surface area contributed by atoms with Crippen LogP contribution in [0.15, 0.2) is 68.5 Å². The summed E-state index contributed by atoms with van der Waals surface area (Å²) in [7, 11) is 0. The summed E-state index contributed by atoms with van der Waals surface area (Å²) in [6.45, 7) is 17.2. The minimum Gasteiger partial charge on any atom is -0.444 e. The lowest BCUT2D eigenvalue weighted by molar-refractivity contribution is 0.0198. The van der Waals surface area contributed by atoms with Gasteiger partial charge in [0.1, 0.15) is 21.2 Å². The van der Waals surface area contributed by atoms with Crippen LogP contribution in [0.1, 0.15) is 90.3 Å². The molecule has 2 aliphatic rings. The second kappa shape index (κ2) is 16.3. The van der Waals surface area contributed by atoms with Crippen molar-refractivity contribution in [3.63, 3.8) is 0 Å². The van der Waals surface area contributed by atoms with Gasteiger partial charge in [0.15, 0.2) is 0 Å². The van der Waals surface area contributed by atoms with Crippen LogP contribution >= 0.6 is 61.3 Å². The molecular weight excluding hydrogens is 809 g/mol. The molecule has 0 N–H and O–H groups in total. The van der Waals surface area contributed by atoms with Gasteiger partial charge in [-0.3, -0.25) is 9.80 Å². The maximum atomic E-state index is 12.7. The Kier molecular flexibility index (Phi) is 12.2. The minimum atomic E-state index is -0.497. The molecule has 282 valence electrons. The van der Waals surface area contributed by atoms with Gasteiger partial charge in [0, 0.05) is 33.9 Å². The number of hydrogen-bond donors (Lipinski definition) is 0. The van der Waals surface area contributed by atoms with Crippen LogP contribution in [0.5, 0.6) is 0 Å². The van der Waals surface area contributed by atoms with Gasteiger partial charge < -0.3 is 9.47 Å². The van der Waals surface area contributed by atoms with Crippen LogP contribution < -0.4 is 0 Å². The van der Waals surface area contributed by atoms with Crippen molar-refractivity contribution in [3.8, 4) is 32.3 Å². The van der Waals surface area contributed by atoms with Crippen molar-refractivity contribution < 1.29 is 19.1 Å². The molecule has 0 spiro atoms. The van der Waals surface area contributed by atoms with Gasteiger partial charge in [0.2, 0.25) is 0 Å². The van der Waals surface area contributed by atoms with E-state index in [1.807, 2.05) is 68.9 Å². The molecule has 2 aliphatic heterocycles. The van der Waals surface area contributed by atoms with Crippen LogP contribution in [-0.4, -0.2) is 56.2 Å². The Labute approximate surface area is 337 Å². The fourth-order valence-corrected chi connectivity index (χ4v) is 11.3. The van der Waals surface area contributed by atoms with E-state index in [1.54, 1.807) is 45.3 Å². The van der Waals surface area contributed by atoms with E-state index >= 15 is 0 Å². The lowest BCUT2D eigenvalue weighted by Crippen LogP contribution is -2.37. The highest BCUT2D eigenvalue weighted by molar-refractivity contribution is 9.10. The van der Waals surface area contributed by atoms with Gasteiger partial charge in [-0.25, -0.2) is 19.6 Å². The van der Waals surface area contributed by atoms with Crippen LogP contribution in [-0.2, 0) is 9.47 Å². The smallest absolute Gasteiger partial charge is 0.410 e. The van der Waals surface area contributed by atoms with Gasteiger partial charge in [-0.1, -0.05) is 44.2 Å². The lowest BCUT2D eigenvalue weighted by atomic mass is 10.0. The Balaban J connectivity index is 0.000000185. The van der Waals surface area contributed by atoms with Crippen molar-refractivity contribution in [2.75, 3.05) is 13.1 Å². The Hall–Kier alpha value is -3.10. The normalized spacial score (nSPS) is 20.3. The standard InChI is InChI=1S/C23H26N2O2S2.C17H21BrN2O2S2/c1-15-10-12-25(22(26)27-23(2,3)4)19(15)21-24-18(14-29-21)20-17(11-13-28-20)16-8-6-5-7-9-16;1-10-5-7-20(16(21)22-17(2,3)4)13(10)15-19-12(9-24-15)14-11(18)6-8-23-14/h5-9,11,13-15,19H,10,12H2,1-4H3;6,8-10,13H,5,7H2,1-4H3/t15-,19-;10-,13-/m00/s1. The zero-order chi connectivity index (χ0) is 38.1. The average molecular weight is 856 g/mol. The highest BCUT2D eigenvalue weighted by Crippen LogP contribution is 2.44. The maximum absolute atomic E-state index is 12.7. The number of thiazole rings is 2. The molecule has 4 atom stereocenters. The number of amides is 2. The Morgan fingerprint density at radius 1 is 0.698 bits per heavy atom. The second-order valence-corrected chi connectivity index (χ2v) is 20.0. The number of thiophene rings is 2. The predicted molar refractivity (Wildman–Crippen MR) is 223 cm³/mol. The third kappa shape index (κ3) is 9.41. The highest BCUT2D eigenvalue weighted by Gasteiger charge is 2.41. The Morgan fingerprint density at radius 2 is 1.17 bits per heavy atom. The summed E-state index contributed by atoms with van der Waals surface area (Å²) in [5.74, 6) is 0.738. The van der Waals surface area contributed by atoms with E-state index in [1.165, 1.54) is 16.0 Å². The first-order chi connectivity index (χ1) is 25.1. The van der Waals surface area contributed by atoms with E-state index in [4.69, 9.17) is 19.4 Å². The largest absolute Gasteiger partial charge is 0.444 e. The van der Waals surface area contributed by atoms with Crippen molar-refractivity contribution in [3.05, 3.63) is 78.5 Å². The molecule has 2 amide bonds. The number of rotatable bonds is 5. The summed E-state index contributed by atoms with van der Waals surface area (Å²) >= 11 is 10.2. The topological polar surface area (TPSA) is 84.9 Å². The summed E-state index contributed by atoms with van der Waals surface area (Å²) in [5, 5.41) is 10.3. The van der Waals surface area contributed by atoms with Crippen molar-refractivity contribution >= 4 is 73.5 Å². The molecule has 4 aromatic heterocycles. The summed E-state index contributed by atoms with van der Waals surface area (Å²) < 4.78 is 12.3. The number of nitrogens with zero attached hydrogens (tertiary/aromatic N) is 4. The SMILES string of the molecule is C[C@H]1CCN(C(=O)OC(C)(C)C)[C@@H]1c1nc(-c2sccc2-c2ccccc2)cs1.C[C@H]1CCN(C(=O)OC(C)(C)C)[C@@H]1c1nc(-c2sccc2Br)cs1. The number of benzene rings is 1. The van der Waals surface area contributed by atoms with Crippen LogP contribution in [0.4, 0.5) is 9.59 Å². The molecule has 6 heterocycles. The van der Waals surface area contributed by atoms with Crippen molar-refractivity contribution in [1.29, 1.82) is 0 Å². The van der Waals surface area contributed by atoms with Crippen molar-refractivity contribution in [2.45, 2.75) is 91.5 Å². The van der Waals surface area contributed by atoms with E-state index in [-0.39, 0.29) is 24.3 Å². The Bertz CT molecular complexity index is 2010. The fourth-order valence-electron chi connectivity index (χ4n) is 6.58. The third-order valence-corrected chi connectivity index (χ3v) is 13.7. The zero-order valence-corrected chi connectivity index (χ0v) is 36.3. The lowest BCUT2D eigenvalue weighted by Gasteiger charge is -2.28. The van der Waals surface area contributed by atoms with Crippen LogP contribution in [0.3, 0.4) is 0 Å². The molecule has 0 radical (unpaired) electrons. The fraction of sp³-hybridized carbons (Fsp3) is 0.450. The van der Waals surface area contributed by atoms with Crippen molar-refractivity contribution in [1.82, 2.24) is 19.8 Å². The average Bonchev–Trinajstić information content (AvgIpc) is 3.92. The van der Waals surface area contributed by atoms with E-state index in [0.717, 1.165) is 50.1 Å². The number of ether oxygens (including phenoxy) is 2. The molecule has 2 fully saturated rings. The molecule has 0 bridgehead atoms. The quantitative estimate of drug-likeness (QED) is 0.175. The van der Waals surface area contributed by atoms with Gasteiger partial charge in [-0.15, -0.1) is 45.3 Å². The first kappa shape index (κ1) is 39.6. The van der Waals surface area contributed by atoms with Crippen LogP contribution in [0, 0.1) is 11.8 Å². The first-order valence-corrected chi connectivity index (χ1v) is 22.2. The zero-order valence-electron chi connectivity index (χ0n) is 31.4. The maximum Gasteiger partial charge on any atom is 0.410 e. The molecule has 2 saturated heterocycles. The molecule has 1 aromatic carbocycles. The van der Waals surface area contributed by atoms with E-state index < -0.39 is 11.2 Å². The summed E-state index contributed by atoms with van der Waals surface area (Å²) in [5.41, 5.74) is 3.38. The van der Waals surface area contributed by atoms with E-state index in [2.05, 4.69) is 76.2 Å². The van der Waals surface area contributed by atoms with Gasteiger partial charge in [0.05, 0.1) is 33.2 Å². The number of likely N-dealkylation sites (tertiary alicyclic amines) is 2. The monoisotopic (exact) mass is 854 g/mol. The van der Waals surface area contributed by atoms with Gasteiger partial charge in [0.25, 0.3) is 0 Å². The van der Waals surface area contributed by atoms with Crippen LogP contribution in [0.2, 0.25) is 0 Å². The number of carbonyl (C=O) groups excluding carboxylic acids is 2.